The van der Waals surface area contributed by atoms with E-state index in [4.69, 9.17) is 4.74 Å². The zero-order valence-corrected chi connectivity index (χ0v) is 11.4. The Balaban J connectivity index is 2.09. The topological polar surface area (TPSA) is 78.9 Å². The number of hydrogen-bond acceptors (Lipinski definition) is 4. The Bertz CT molecular complexity index is 516. The molecule has 0 aromatic heterocycles. The van der Waals surface area contributed by atoms with Crippen molar-refractivity contribution < 1.29 is 19.4 Å². The summed E-state index contributed by atoms with van der Waals surface area (Å²) in [5.74, 6) is -0.000987. The largest absolute Gasteiger partial charge is 0.508 e. The number of amides is 2. The van der Waals surface area contributed by atoms with Crippen molar-refractivity contribution in [2.45, 2.75) is 19.8 Å². The Morgan fingerprint density at radius 2 is 2.30 bits per heavy atom. The average Bonchev–Trinajstić information content (AvgIpc) is 2.42. The predicted molar refractivity (Wildman–Crippen MR) is 73.9 cm³/mol. The fourth-order valence-electron chi connectivity index (χ4n) is 1.97. The number of carbonyl (C=O) groups excluding carboxylic acids is 2. The van der Waals surface area contributed by atoms with Crippen LogP contribution in [0.2, 0.25) is 0 Å². The highest BCUT2D eigenvalue weighted by Crippen LogP contribution is 2.34. The predicted octanol–water partition coefficient (Wildman–Crippen LogP) is 1.03. The molecule has 0 unspecified atom stereocenters. The van der Waals surface area contributed by atoms with E-state index in [9.17, 15) is 14.7 Å². The van der Waals surface area contributed by atoms with Crippen LogP contribution < -0.4 is 15.0 Å². The lowest BCUT2D eigenvalue weighted by molar-refractivity contribution is -0.125. The molecule has 1 aromatic rings. The average molecular weight is 278 g/mol. The van der Waals surface area contributed by atoms with Crippen LogP contribution in [0.5, 0.6) is 11.5 Å². The molecule has 1 heterocycles. The minimum atomic E-state index is -0.297. The molecule has 0 saturated heterocycles. The minimum absolute atomic E-state index is 0.0263. The van der Waals surface area contributed by atoms with Crippen LogP contribution in [-0.2, 0) is 9.59 Å². The Morgan fingerprint density at radius 1 is 1.50 bits per heavy atom. The van der Waals surface area contributed by atoms with Crippen molar-refractivity contribution in [3.05, 3.63) is 18.2 Å². The third kappa shape index (κ3) is 3.20. The van der Waals surface area contributed by atoms with Crippen molar-refractivity contribution in [1.82, 2.24) is 5.32 Å². The zero-order chi connectivity index (χ0) is 14.5. The van der Waals surface area contributed by atoms with E-state index < -0.39 is 0 Å². The highest BCUT2D eigenvalue weighted by atomic mass is 16.5. The first-order chi connectivity index (χ1) is 9.61. The highest BCUT2D eigenvalue weighted by Gasteiger charge is 2.27. The summed E-state index contributed by atoms with van der Waals surface area (Å²) >= 11 is 0. The Labute approximate surface area is 117 Å². The lowest BCUT2D eigenvalue weighted by atomic mass is 10.2. The maximum absolute atomic E-state index is 11.9. The molecule has 1 aromatic carbocycles. The maximum Gasteiger partial charge on any atom is 0.265 e. The van der Waals surface area contributed by atoms with Gasteiger partial charge in [-0.15, -0.1) is 0 Å². The standard InChI is InChI=1S/C14H18N2O4/c1-2-3-6-15-13(18)8-16-11-7-10(17)4-5-12(11)20-9-14(16)19/h4-5,7,17H,2-3,6,8-9H2,1H3,(H,15,18). The molecule has 1 aliphatic heterocycles. The maximum atomic E-state index is 11.9. The fourth-order valence-corrected chi connectivity index (χ4v) is 1.97. The molecule has 0 bridgehead atoms. The smallest absolute Gasteiger partial charge is 0.265 e. The summed E-state index contributed by atoms with van der Waals surface area (Å²) in [6.45, 7) is 2.47. The van der Waals surface area contributed by atoms with Gasteiger partial charge in [0.05, 0.1) is 5.69 Å². The third-order valence-corrected chi connectivity index (χ3v) is 3.04. The second-order valence-corrected chi connectivity index (χ2v) is 4.62. The lowest BCUT2D eigenvalue weighted by Gasteiger charge is -2.28. The molecule has 6 heteroatoms. The van der Waals surface area contributed by atoms with Gasteiger partial charge in [-0.1, -0.05) is 13.3 Å². The minimum Gasteiger partial charge on any atom is -0.508 e. The number of nitrogens with zero attached hydrogens (tertiary/aromatic N) is 1. The molecule has 0 saturated carbocycles. The normalized spacial score (nSPS) is 13.7. The van der Waals surface area contributed by atoms with E-state index in [1.807, 2.05) is 6.92 Å². The number of anilines is 1. The molecule has 20 heavy (non-hydrogen) atoms. The molecule has 0 radical (unpaired) electrons. The summed E-state index contributed by atoms with van der Waals surface area (Å²) in [6, 6.07) is 4.49. The van der Waals surface area contributed by atoms with E-state index in [0.717, 1.165) is 12.8 Å². The van der Waals surface area contributed by atoms with Gasteiger partial charge in [0.2, 0.25) is 5.91 Å². The third-order valence-electron chi connectivity index (χ3n) is 3.04. The van der Waals surface area contributed by atoms with Gasteiger partial charge in [-0.05, 0) is 18.6 Å². The molecular formula is C14H18N2O4. The number of rotatable bonds is 5. The van der Waals surface area contributed by atoms with E-state index >= 15 is 0 Å². The molecule has 2 N–H and O–H groups in total. The fraction of sp³-hybridized carbons (Fsp3) is 0.429. The number of phenolic OH excluding ortho intramolecular Hbond substituents is 1. The van der Waals surface area contributed by atoms with E-state index in [-0.39, 0.29) is 30.7 Å². The van der Waals surface area contributed by atoms with Gasteiger partial charge in [0, 0.05) is 12.6 Å². The van der Waals surface area contributed by atoms with Gasteiger partial charge in [0.15, 0.2) is 6.61 Å². The van der Waals surface area contributed by atoms with E-state index in [0.29, 0.717) is 18.0 Å². The Morgan fingerprint density at radius 3 is 3.05 bits per heavy atom. The quantitative estimate of drug-likeness (QED) is 0.789. The van der Waals surface area contributed by atoms with Crippen LogP contribution >= 0.6 is 0 Å². The van der Waals surface area contributed by atoms with Crippen molar-refractivity contribution in [2.75, 3.05) is 24.6 Å². The summed E-state index contributed by atoms with van der Waals surface area (Å²) in [4.78, 5) is 25.0. The van der Waals surface area contributed by atoms with Crippen LogP contribution in [0.15, 0.2) is 18.2 Å². The number of carbonyl (C=O) groups is 2. The summed E-state index contributed by atoms with van der Waals surface area (Å²) in [5, 5.41) is 12.3. The summed E-state index contributed by atoms with van der Waals surface area (Å²) in [6.07, 6.45) is 1.90. The van der Waals surface area contributed by atoms with Crippen molar-refractivity contribution >= 4 is 17.5 Å². The molecule has 0 spiro atoms. The van der Waals surface area contributed by atoms with Gasteiger partial charge < -0.3 is 15.2 Å². The van der Waals surface area contributed by atoms with Gasteiger partial charge >= 0.3 is 0 Å². The number of ether oxygens (including phenoxy) is 1. The zero-order valence-electron chi connectivity index (χ0n) is 11.4. The van der Waals surface area contributed by atoms with Crippen LogP contribution in [0.1, 0.15) is 19.8 Å². The summed E-state index contributed by atoms with van der Waals surface area (Å²) < 4.78 is 5.27. The number of aromatic hydroxyl groups is 1. The van der Waals surface area contributed by atoms with E-state index in [2.05, 4.69) is 5.32 Å². The molecule has 2 amide bonds. The highest BCUT2D eigenvalue weighted by molar-refractivity contribution is 6.02. The molecule has 2 rings (SSSR count). The second-order valence-electron chi connectivity index (χ2n) is 4.62. The molecule has 108 valence electrons. The van der Waals surface area contributed by atoms with Gasteiger partial charge in [0.25, 0.3) is 5.91 Å². The first-order valence-electron chi connectivity index (χ1n) is 6.64. The first-order valence-corrected chi connectivity index (χ1v) is 6.64. The van der Waals surface area contributed by atoms with Crippen molar-refractivity contribution in [2.24, 2.45) is 0 Å². The van der Waals surface area contributed by atoms with Gasteiger partial charge in [-0.3, -0.25) is 14.5 Å². The number of phenols is 1. The molecule has 0 fully saturated rings. The lowest BCUT2D eigenvalue weighted by Crippen LogP contribution is -2.45. The van der Waals surface area contributed by atoms with Gasteiger partial charge in [0.1, 0.15) is 18.0 Å². The Hall–Kier alpha value is -2.24. The second kappa shape index (κ2) is 6.27. The van der Waals surface area contributed by atoms with Crippen LogP contribution in [-0.4, -0.2) is 36.6 Å². The number of hydrogen-bond donors (Lipinski definition) is 2. The number of fused-ring (bicyclic) bond motifs is 1. The molecule has 0 aliphatic carbocycles. The molecule has 6 nitrogen and oxygen atoms in total. The van der Waals surface area contributed by atoms with Crippen LogP contribution in [0.25, 0.3) is 0 Å². The summed E-state index contributed by atoms with van der Waals surface area (Å²) in [7, 11) is 0. The molecule has 1 aliphatic rings. The van der Waals surface area contributed by atoms with Crippen LogP contribution in [0, 0.1) is 0 Å². The number of unbranched alkanes of at least 4 members (excludes halogenated alkanes) is 1. The van der Waals surface area contributed by atoms with E-state index in [1.54, 1.807) is 6.07 Å². The first kappa shape index (κ1) is 14.2. The SMILES string of the molecule is CCCCNC(=O)CN1C(=O)COc2ccc(O)cc21. The van der Waals surface area contributed by atoms with Gasteiger partial charge in [-0.25, -0.2) is 0 Å². The number of benzene rings is 1. The van der Waals surface area contributed by atoms with Crippen LogP contribution in [0.4, 0.5) is 5.69 Å². The molecule has 0 atom stereocenters. The summed E-state index contributed by atoms with van der Waals surface area (Å²) in [5.41, 5.74) is 0.423. The van der Waals surface area contributed by atoms with Crippen molar-refractivity contribution in [3.63, 3.8) is 0 Å². The van der Waals surface area contributed by atoms with Crippen LogP contribution in [0.3, 0.4) is 0 Å². The van der Waals surface area contributed by atoms with Gasteiger partial charge in [-0.2, -0.15) is 0 Å². The monoisotopic (exact) mass is 278 g/mol. The number of nitrogens with one attached hydrogen (secondary N) is 1. The van der Waals surface area contributed by atoms with E-state index in [1.165, 1.54) is 17.0 Å². The van der Waals surface area contributed by atoms with Crippen molar-refractivity contribution in [3.8, 4) is 11.5 Å². The van der Waals surface area contributed by atoms with Crippen molar-refractivity contribution in [1.29, 1.82) is 0 Å². The Kier molecular flexibility index (Phi) is 4.45. The molecular weight excluding hydrogens is 260 g/mol.